The fourth-order valence-electron chi connectivity index (χ4n) is 2.02. The summed E-state index contributed by atoms with van der Waals surface area (Å²) in [6, 6.07) is 1.35. The summed E-state index contributed by atoms with van der Waals surface area (Å²) in [5.41, 5.74) is 3.16. The van der Waals surface area contributed by atoms with Gasteiger partial charge in [-0.3, -0.25) is 0 Å². The van der Waals surface area contributed by atoms with Crippen molar-refractivity contribution in [2.45, 2.75) is 66.7 Å². The van der Waals surface area contributed by atoms with E-state index in [0.29, 0.717) is 12.1 Å². The molecule has 0 aliphatic heterocycles. The zero-order valence-electron chi connectivity index (χ0n) is 12.1. The quantitative estimate of drug-likeness (QED) is 0.769. The molecule has 0 spiro atoms. The average Bonchev–Trinajstić information content (AvgIpc) is 2.47. The lowest BCUT2D eigenvalue weighted by Crippen LogP contribution is -2.88. The number of aryl methyl sites for hydroxylation is 2. The third-order valence-electron chi connectivity index (χ3n) is 3.11. The molecule has 1 aromatic heterocycles. The van der Waals surface area contributed by atoms with Crippen LogP contribution in [0.3, 0.4) is 0 Å². The van der Waals surface area contributed by atoms with Crippen LogP contribution in [-0.2, 0) is 13.1 Å². The third kappa shape index (κ3) is 4.41. The van der Waals surface area contributed by atoms with Gasteiger partial charge in [-0.05, 0) is 41.5 Å². The molecule has 0 bridgehead atoms. The van der Waals surface area contributed by atoms with Crippen LogP contribution in [0.1, 0.15) is 48.6 Å². The molecule has 3 heteroatoms. The fraction of sp³-hybridized carbons (Fsp3) is 0.714. The van der Waals surface area contributed by atoms with Gasteiger partial charge in [0.25, 0.3) is 0 Å². The zero-order chi connectivity index (χ0) is 13.0. The third-order valence-corrected chi connectivity index (χ3v) is 4.21. The van der Waals surface area contributed by atoms with Gasteiger partial charge in [-0.2, -0.15) is 0 Å². The highest BCUT2D eigenvalue weighted by Crippen LogP contribution is 2.26. The molecule has 1 heterocycles. The first-order valence-corrected chi connectivity index (χ1v) is 7.47. The van der Waals surface area contributed by atoms with E-state index in [9.17, 15) is 0 Å². The van der Waals surface area contributed by atoms with E-state index in [2.05, 4.69) is 52.2 Å². The Morgan fingerprint density at radius 1 is 0.824 bits per heavy atom. The lowest BCUT2D eigenvalue weighted by atomic mass is 10.1. The highest BCUT2D eigenvalue weighted by Gasteiger charge is 2.16. The van der Waals surface area contributed by atoms with Gasteiger partial charge in [-0.25, -0.2) is 0 Å². The number of quaternary nitrogens is 2. The van der Waals surface area contributed by atoms with Crippen molar-refractivity contribution >= 4 is 11.3 Å². The molecule has 0 aromatic carbocycles. The van der Waals surface area contributed by atoms with Crippen LogP contribution in [0, 0.1) is 13.8 Å². The molecule has 2 nitrogen and oxygen atoms in total. The minimum atomic E-state index is 0.677. The molecule has 1 aromatic rings. The van der Waals surface area contributed by atoms with Crippen molar-refractivity contribution in [2.75, 3.05) is 0 Å². The predicted octanol–water partition coefficient (Wildman–Crippen LogP) is 1.31. The van der Waals surface area contributed by atoms with Crippen LogP contribution in [0.4, 0.5) is 0 Å². The lowest BCUT2D eigenvalue weighted by Gasteiger charge is -2.09. The van der Waals surface area contributed by atoms with Crippen molar-refractivity contribution in [3.05, 3.63) is 20.9 Å². The molecule has 0 saturated heterocycles. The maximum atomic E-state index is 2.42. The maximum Gasteiger partial charge on any atom is 0.103 e. The van der Waals surface area contributed by atoms with Gasteiger partial charge in [0, 0.05) is 20.9 Å². The van der Waals surface area contributed by atoms with Crippen molar-refractivity contribution in [3.8, 4) is 0 Å². The minimum absolute atomic E-state index is 0.677. The average molecular weight is 256 g/mol. The van der Waals surface area contributed by atoms with Crippen LogP contribution in [0.25, 0.3) is 0 Å². The van der Waals surface area contributed by atoms with E-state index in [1.165, 1.54) is 9.75 Å². The molecule has 0 radical (unpaired) electrons. The van der Waals surface area contributed by atoms with Gasteiger partial charge in [-0.1, -0.05) is 0 Å². The Hall–Kier alpha value is -0.380. The Balaban J connectivity index is 2.78. The number of hydrogen-bond donors (Lipinski definition) is 2. The Morgan fingerprint density at radius 3 is 1.47 bits per heavy atom. The van der Waals surface area contributed by atoms with Crippen LogP contribution in [0.15, 0.2) is 0 Å². The second-order valence-corrected chi connectivity index (χ2v) is 6.97. The van der Waals surface area contributed by atoms with Crippen LogP contribution in [0.5, 0.6) is 0 Å². The molecular weight excluding hydrogens is 228 g/mol. The number of thiophene rings is 1. The molecule has 1 rings (SSSR count). The molecule has 0 saturated carbocycles. The van der Waals surface area contributed by atoms with E-state index in [0.717, 1.165) is 13.1 Å². The van der Waals surface area contributed by atoms with Crippen molar-refractivity contribution in [1.82, 2.24) is 0 Å². The summed E-state index contributed by atoms with van der Waals surface area (Å²) in [7, 11) is 0. The van der Waals surface area contributed by atoms with Crippen molar-refractivity contribution < 1.29 is 10.6 Å². The zero-order valence-corrected chi connectivity index (χ0v) is 12.9. The van der Waals surface area contributed by atoms with Crippen LogP contribution in [-0.4, -0.2) is 12.1 Å². The molecule has 0 unspecified atom stereocenters. The SMILES string of the molecule is Cc1sc(C)c(C[NH2+]C(C)C)c1C[NH2+]C(C)C. The first-order chi connectivity index (χ1) is 7.91. The molecule has 0 atom stereocenters. The summed E-state index contributed by atoms with van der Waals surface area (Å²) in [6.07, 6.45) is 0. The Kier molecular flexibility index (Phi) is 5.63. The molecule has 0 aliphatic rings. The summed E-state index contributed by atoms with van der Waals surface area (Å²) < 4.78 is 0. The molecular formula is C14H28N2S+2. The number of nitrogens with two attached hydrogens (primary N) is 2. The van der Waals surface area contributed by atoms with Crippen LogP contribution < -0.4 is 10.6 Å². The normalized spacial score (nSPS) is 11.8. The highest BCUT2D eigenvalue weighted by molar-refractivity contribution is 7.12. The van der Waals surface area contributed by atoms with Crippen molar-refractivity contribution in [1.29, 1.82) is 0 Å². The number of hydrogen-bond acceptors (Lipinski definition) is 1. The largest absolute Gasteiger partial charge is 0.340 e. The first-order valence-electron chi connectivity index (χ1n) is 6.66. The van der Waals surface area contributed by atoms with E-state index in [1.54, 1.807) is 11.1 Å². The van der Waals surface area contributed by atoms with Gasteiger partial charge in [0.2, 0.25) is 0 Å². The maximum absolute atomic E-state index is 2.42. The van der Waals surface area contributed by atoms with Gasteiger partial charge in [-0.15, -0.1) is 11.3 Å². The van der Waals surface area contributed by atoms with Gasteiger partial charge < -0.3 is 10.6 Å². The highest BCUT2D eigenvalue weighted by atomic mass is 32.1. The predicted molar refractivity (Wildman–Crippen MR) is 75.3 cm³/mol. The Bertz CT molecular complexity index is 321. The monoisotopic (exact) mass is 256 g/mol. The topological polar surface area (TPSA) is 33.2 Å². The first kappa shape index (κ1) is 14.7. The van der Waals surface area contributed by atoms with Gasteiger partial charge in [0.05, 0.1) is 12.1 Å². The second kappa shape index (κ2) is 6.53. The van der Waals surface area contributed by atoms with Crippen LogP contribution in [0.2, 0.25) is 0 Å². The molecule has 17 heavy (non-hydrogen) atoms. The lowest BCUT2D eigenvalue weighted by molar-refractivity contribution is -0.703. The van der Waals surface area contributed by atoms with Gasteiger partial charge >= 0.3 is 0 Å². The molecule has 4 N–H and O–H groups in total. The van der Waals surface area contributed by atoms with Gasteiger partial charge in [0.15, 0.2) is 0 Å². The number of rotatable bonds is 6. The molecule has 0 amide bonds. The smallest absolute Gasteiger partial charge is 0.103 e. The second-order valence-electron chi connectivity index (χ2n) is 5.54. The van der Waals surface area contributed by atoms with Crippen molar-refractivity contribution in [2.24, 2.45) is 0 Å². The standard InChI is InChI=1S/C14H26N2S/c1-9(2)15-7-13-11(5)17-12(6)14(13)8-16-10(3)4/h9-10,15-16H,7-8H2,1-6H3/p+2. The molecule has 0 aliphatic carbocycles. The Morgan fingerprint density at radius 2 is 1.18 bits per heavy atom. The molecule has 98 valence electrons. The van der Waals surface area contributed by atoms with E-state index in [4.69, 9.17) is 0 Å². The fourth-order valence-corrected chi connectivity index (χ4v) is 3.14. The van der Waals surface area contributed by atoms with E-state index >= 15 is 0 Å². The summed E-state index contributed by atoms with van der Waals surface area (Å²) >= 11 is 1.96. The minimum Gasteiger partial charge on any atom is -0.340 e. The van der Waals surface area contributed by atoms with Crippen molar-refractivity contribution in [3.63, 3.8) is 0 Å². The summed E-state index contributed by atoms with van der Waals surface area (Å²) in [4.78, 5) is 3.01. The van der Waals surface area contributed by atoms with E-state index in [1.807, 2.05) is 11.3 Å². The molecule has 0 fully saturated rings. The van der Waals surface area contributed by atoms with E-state index in [-0.39, 0.29) is 0 Å². The summed E-state index contributed by atoms with van der Waals surface area (Å²) in [5, 5.41) is 4.85. The van der Waals surface area contributed by atoms with E-state index < -0.39 is 0 Å². The summed E-state index contributed by atoms with van der Waals surface area (Å²) in [5.74, 6) is 0. The Labute approximate surface area is 110 Å². The summed E-state index contributed by atoms with van der Waals surface area (Å²) in [6.45, 7) is 15.8. The van der Waals surface area contributed by atoms with Crippen LogP contribution >= 0.6 is 11.3 Å². The van der Waals surface area contributed by atoms with Gasteiger partial charge in [0.1, 0.15) is 13.1 Å².